The third kappa shape index (κ3) is 4.56. The highest BCUT2D eigenvalue weighted by Gasteiger charge is 2.39. The number of hydrogen-bond acceptors (Lipinski definition) is 3. The number of piperidine rings is 1. The minimum atomic E-state index is -0.505. The number of nitrogens with two attached hydrogens (primary N) is 1. The van der Waals surface area contributed by atoms with E-state index in [9.17, 15) is 4.79 Å². The minimum absolute atomic E-state index is 0.210. The minimum Gasteiger partial charge on any atom is -0.444 e. The van der Waals surface area contributed by atoms with E-state index < -0.39 is 5.60 Å². The van der Waals surface area contributed by atoms with Crippen LogP contribution < -0.4 is 5.73 Å². The molecule has 1 aliphatic rings. The van der Waals surface area contributed by atoms with Gasteiger partial charge >= 0.3 is 6.09 Å². The van der Waals surface area contributed by atoms with Crippen molar-refractivity contribution in [2.24, 2.45) is 5.73 Å². The molecule has 24 heavy (non-hydrogen) atoms. The van der Waals surface area contributed by atoms with Crippen molar-refractivity contribution in [1.82, 2.24) is 4.90 Å². The lowest BCUT2D eigenvalue weighted by Crippen LogP contribution is -2.50. The van der Waals surface area contributed by atoms with E-state index in [1.165, 1.54) is 0 Å². The van der Waals surface area contributed by atoms with Gasteiger partial charge < -0.3 is 15.4 Å². The predicted octanol–water partition coefficient (Wildman–Crippen LogP) is 4.61. The molecule has 4 nitrogen and oxygen atoms in total. The molecular weight excluding hydrogens is 347 g/mol. The zero-order valence-corrected chi connectivity index (χ0v) is 16.1. The highest BCUT2D eigenvalue weighted by atomic mass is 35.5. The molecule has 1 heterocycles. The third-order valence-electron chi connectivity index (χ3n) is 4.38. The van der Waals surface area contributed by atoms with Crippen molar-refractivity contribution in [1.29, 1.82) is 0 Å². The zero-order chi connectivity index (χ0) is 18.0. The quantitative estimate of drug-likeness (QED) is 0.842. The van der Waals surface area contributed by atoms with Gasteiger partial charge in [-0.1, -0.05) is 29.3 Å². The number of amides is 1. The summed E-state index contributed by atoms with van der Waals surface area (Å²) in [6.07, 6.45) is 2.37. The van der Waals surface area contributed by atoms with Crippen LogP contribution in [0.4, 0.5) is 4.79 Å². The second-order valence-corrected chi connectivity index (χ2v) is 8.27. The van der Waals surface area contributed by atoms with Gasteiger partial charge in [0.2, 0.25) is 0 Å². The summed E-state index contributed by atoms with van der Waals surface area (Å²) in [5.74, 6) is 0. The molecule has 134 valence electrons. The Morgan fingerprint density at radius 1 is 1.33 bits per heavy atom. The number of benzene rings is 1. The van der Waals surface area contributed by atoms with Gasteiger partial charge in [-0.3, -0.25) is 0 Å². The molecule has 0 saturated carbocycles. The number of likely N-dealkylation sites (tertiary alicyclic amines) is 1. The van der Waals surface area contributed by atoms with E-state index >= 15 is 0 Å². The molecule has 6 heteroatoms. The molecule has 1 aliphatic heterocycles. The van der Waals surface area contributed by atoms with Gasteiger partial charge in [-0.05, 0) is 64.3 Å². The van der Waals surface area contributed by atoms with Crippen molar-refractivity contribution in [3.05, 3.63) is 33.8 Å². The van der Waals surface area contributed by atoms with Gasteiger partial charge in [0.25, 0.3) is 0 Å². The van der Waals surface area contributed by atoms with Gasteiger partial charge in [0.1, 0.15) is 5.60 Å². The molecule has 1 aromatic carbocycles. The summed E-state index contributed by atoms with van der Waals surface area (Å²) in [4.78, 5) is 14.3. The Morgan fingerprint density at radius 2 is 2.04 bits per heavy atom. The van der Waals surface area contributed by atoms with Crippen molar-refractivity contribution in [2.45, 2.75) is 51.0 Å². The Kier molecular flexibility index (Phi) is 6.05. The van der Waals surface area contributed by atoms with Crippen LogP contribution in [0, 0.1) is 0 Å². The maximum Gasteiger partial charge on any atom is 0.410 e. The Bertz CT molecular complexity index is 597. The first-order valence-corrected chi connectivity index (χ1v) is 9.06. The maximum atomic E-state index is 12.5. The van der Waals surface area contributed by atoms with Crippen molar-refractivity contribution < 1.29 is 9.53 Å². The summed E-state index contributed by atoms with van der Waals surface area (Å²) < 4.78 is 5.54. The first-order chi connectivity index (χ1) is 11.2. The van der Waals surface area contributed by atoms with Crippen molar-refractivity contribution >= 4 is 29.3 Å². The molecule has 0 bridgehead atoms. The summed E-state index contributed by atoms with van der Waals surface area (Å²) in [5, 5.41) is 1.06. The van der Waals surface area contributed by atoms with Crippen LogP contribution in [-0.4, -0.2) is 36.2 Å². The lowest BCUT2D eigenvalue weighted by Gasteiger charge is -2.43. The van der Waals surface area contributed by atoms with Crippen LogP contribution >= 0.6 is 23.2 Å². The first-order valence-electron chi connectivity index (χ1n) is 8.30. The van der Waals surface area contributed by atoms with Crippen LogP contribution in [-0.2, 0) is 10.2 Å². The number of rotatable bonds is 3. The summed E-state index contributed by atoms with van der Waals surface area (Å²) in [5.41, 5.74) is 6.24. The van der Waals surface area contributed by atoms with Crippen LogP contribution in [0.2, 0.25) is 10.0 Å². The van der Waals surface area contributed by atoms with Crippen LogP contribution in [0.1, 0.15) is 45.6 Å². The van der Waals surface area contributed by atoms with E-state index in [4.69, 9.17) is 33.7 Å². The number of carbonyl (C=O) groups excluding carboxylic acids is 1. The molecule has 2 rings (SSSR count). The number of hydrogen-bond donors (Lipinski definition) is 1. The van der Waals surface area contributed by atoms with Crippen LogP contribution in [0.5, 0.6) is 0 Å². The molecule has 0 radical (unpaired) electrons. The molecule has 0 aliphatic carbocycles. The Labute approximate surface area is 154 Å². The van der Waals surface area contributed by atoms with Gasteiger partial charge in [0.05, 0.1) is 10.0 Å². The van der Waals surface area contributed by atoms with E-state index in [2.05, 4.69) is 0 Å². The average Bonchev–Trinajstić information content (AvgIpc) is 2.49. The molecule has 2 N–H and O–H groups in total. The van der Waals surface area contributed by atoms with E-state index in [1.54, 1.807) is 4.90 Å². The summed E-state index contributed by atoms with van der Waals surface area (Å²) in [7, 11) is 0. The van der Waals surface area contributed by atoms with E-state index in [0.29, 0.717) is 29.7 Å². The standard InChI is InChI=1S/C18H26Cl2N2O2/c1-17(2,3)24-16(23)22-10-4-7-18(12-22,8-9-21)13-5-6-14(19)15(20)11-13/h5-6,11H,4,7-10,12,21H2,1-3H3. The Morgan fingerprint density at radius 3 is 2.62 bits per heavy atom. The van der Waals surface area contributed by atoms with E-state index in [-0.39, 0.29) is 11.5 Å². The van der Waals surface area contributed by atoms with Crippen molar-refractivity contribution in [2.75, 3.05) is 19.6 Å². The fourth-order valence-electron chi connectivity index (χ4n) is 3.30. The van der Waals surface area contributed by atoms with Gasteiger partial charge in [0.15, 0.2) is 0 Å². The highest BCUT2D eigenvalue weighted by Crippen LogP contribution is 2.39. The van der Waals surface area contributed by atoms with Crippen molar-refractivity contribution in [3.8, 4) is 0 Å². The van der Waals surface area contributed by atoms with E-state index in [0.717, 1.165) is 24.8 Å². The lowest BCUT2D eigenvalue weighted by atomic mass is 9.72. The fraction of sp³-hybridized carbons (Fsp3) is 0.611. The number of halogens is 2. The molecule has 1 saturated heterocycles. The summed E-state index contributed by atoms with van der Waals surface area (Å²) in [6.45, 7) is 7.45. The first kappa shape index (κ1) is 19.4. The maximum absolute atomic E-state index is 12.5. The monoisotopic (exact) mass is 372 g/mol. The lowest BCUT2D eigenvalue weighted by molar-refractivity contribution is 0.0128. The van der Waals surface area contributed by atoms with Crippen molar-refractivity contribution in [3.63, 3.8) is 0 Å². The van der Waals surface area contributed by atoms with Crippen LogP contribution in [0.3, 0.4) is 0 Å². The number of ether oxygens (including phenoxy) is 1. The molecule has 1 fully saturated rings. The van der Waals surface area contributed by atoms with Gasteiger partial charge in [-0.15, -0.1) is 0 Å². The predicted molar refractivity (Wildman–Crippen MR) is 98.9 cm³/mol. The average molecular weight is 373 g/mol. The fourth-order valence-corrected chi connectivity index (χ4v) is 3.60. The van der Waals surface area contributed by atoms with Gasteiger partial charge in [0, 0.05) is 18.5 Å². The molecule has 1 aromatic rings. The smallest absolute Gasteiger partial charge is 0.410 e. The largest absolute Gasteiger partial charge is 0.444 e. The second kappa shape index (κ2) is 7.51. The highest BCUT2D eigenvalue weighted by molar-refractivity contribution is 6.42. The molecule has 0 spiro atoms. The Hall–Kier alpha value is -0.970. The third-order valence-corrected chi connectivity index (χ3v) is 5.12. The summed E-state index contributed by atoms with van der Waals surface area (Å²) >= 11 is 12.3. The topological polar surface area (TPSA) is 55.6 Å². The zero-order valence-electron chi connectivity index (χ0n) is 14.6. The molecule has 1 unspecified atom stereocenters. The number of nitrogens with zero attached hydrogens (tertiary/aromatic N) is 1. The molecule has 1 amide bonds. The number of carbonyl (C=O) groups is 1. The van der Waals surface area contributed by atoms with E-state index in [1.807, 2.05) is 39.0 Å². The van der Waals surface area contributed by atoms with Gasteiger partial charge in [-0.25, -0.2) is 4.79 Å². The van der Waals surface area contributed by atoms with Crippen LogP contribution in [0.15, 0.2) is 18.2 Å². The van der Waals surface area contributed by atoms with Gasteiger partial charge in [-0.2, -0.15) is 0 Å². The normalized spacial score (nSPS) is 21.7. The summed E-state index contributed by atoms with van der Waals surface area (Å²) in [6, 6.07) is 5.70. The SMILES string of the molecule is CC(C)(C)OC(=O)N1CCCC(CCN)(c2ccc(Cl)c(Cl)c2)C1. The molecular formula is C18H26Cl2N2O2. The second-order valence-electron chi connectivity index (χ2n) is 7.45. The molecule has 0 aromatic heterocycles. The van der Waals surface area contributed by atoms with Crippen LogP contribution in [0.25, 0.3) is 0 Å². The Balaban J connectivity index is 2.28. The molecule has 1 atom stereocenters.